The number of hydrogen-bond acceptors (Lipinski definition) is 4. The number of anilines is 1. The first-order valence-electron chi connectivity index (χ1n) is 3.33. The molecular weight excluding hydrogens is 174 g/mol. The number of hydrogen-bond donors (Lipinski definition) is 1. The number of methoxy groups -OCH3 is 1. The standard InChI is InChI=1S/C8H9NO2S/c1-11-8(10)5-3-6-2-4-7(9)12-6/h2-5H,9H2,1H3/b5-3+. The number of thiophene rings is 1. The van der Waals surface area contributed by atoms with Crippen LogP contribution < -0.4 is 5.73 Å². The van der Waals surface area contributed by atoms with Crippen molar-refractivity contribution in [3.05, 3.63) is 23.1 Å². The Morgan fingerprint density at radius 2 is 2.42 bits per heavy atom. The zero-order valence-electron chi connectivity index (χ0n) is 6.61. The molecule has 0 aromatic carbocycles. The van der Waals surface area contributed by atoms with E-state index in [-0.39, 0.29) is 5.97 Å². The number of nitrogen functional groups attached to an aromatic ring is 1. The number of nitrogens with two attached hydrogens (primary N) is 1. The fraction of sp³-hybridized carbons (Fsp3) is 0.125. The molecule has 0 spiro atoms. The van der Waals surface area contributed by atoms with Crippen LogP contribution in [0.5, 0.6) is 0 Å². The van der Waals surface area contributed by atoms with Gasteiger partial charge in [-0.25, -0.2) is 4.79 Å². The monoisotopic (exact) mass is 183 g/mol. The third kappa shape index (κ3) is 2.39. The van der Waals surface area contributed by atoms with Crippen molar-refractivity contribution in [1.29, 1.82) is 0 Å². The van der Waals surface area contributed by atoms with Gasteiger partial charge in [-0.15, -0.1) is 11.3 Å². The van der Waals surface area contributed by atoms with Crippen LogP contribution in [0.4, 0.5) is 5.00 Å². The van der Waals surface area contributed by atoms with Crippen LogP contribution in [-0.2, 0) is 9.53 Å². The quantitative estimate of drug-likeness (QED) is 0.558. The minimum absolute atomic E-state index is 0.359. The van der Waals surface area contributed by atoms with Crippen LogP contribution >= 0.6 is 11.3 Å². The highest BCUT2D eigenvalue weighted by Crippen LogP contribution is 2.19. The van der Waals surface area contributed by atoms with E-state index in [1.807, 2.05) is 6.07 Å². The molecule has 0 aliphatic heterocycles. The second-order valence-corrected chi connectivity index (χ2v) is 3.24. The maximum atomic E-state index is 10.7. The van der Waals surface area contributed by atoms with Gasteiger partial charge in [-0.2, -0.15) is 0 Å². The molecule has 0 fully saturated rings. The summed E-state index contributed by atoms with van der Waals surface area (Å²) in [6, 6.07) is 3.64. The highest BCUT2D eigenvalue weighted by atomic mass is 32.1. The highest BCUT2D eigenvalue weighted by molar-refractivity contribution is 7.16. The average molecular weight is 183 g/mol. The molecule has 12 heavy (non-hydrogen) atoms. The van der Waals surface area contributed by atoms with E-state index < -0.39 is 0 Å². The average Bonchev–Trinajstić information content (AvgIpc) is 2.47. The Hall–Kier alpha value is -1.29. The molecule has 1 heterocycles. The van der Waals surface area contributed by atoms with E-state index in [4.69, 9.17) is 5.73 Å². The van der Waals surface area contributed by atoms with Crippen LogP contribution in [0, 0.1) is 0 Å². The van der Waals surface area contributed by atoms with Crippen molar-refractivity contribution in [3.8, 4) is 0 Å². The molecule has 64 valence electrons. The second kappa shape index (κ2) is 3.92. The minimum Gasteiger partial charge on any atom is -0.466 e. The van der Waals surface area contributed by atoms with Gasteiger partial charge < -0.3 is 10.5 Å². The number of rotatable bonds is 2. The molecule has 1 aromatic rings. The first-order valence-corrected chi connectivity index (χ1v) is 4.15. The maximum Gasteiger partial charge on any atom is 0.330 e. The lowest BCUT2D eigenvalue weighted by Crippen LogP contribution is -1.92. The molecule has 0 radical (unpaired) electrons. The summed E-state index contributed by atoms with van der Waals surface area (Å²) in [5, 5.41) is 0.736. The van der Waals surface area contributed by atoms with E-state index in [9.17, 15) is 4.79 Å². The van der Waals surface area contributed by atoms with Crippen LogP contribution in [0.15, 0.2) is 18.2 Å². The van der Waals surface area contributed by atoms with Gasteiger partial charge in [-0.3, -0.25) is 0 Å². The molecule has 0 aliphatic carbocycles. The van der Waals surface area contributed by atoms with Crippen molar-refractivity contribution in [2.24, 2.45) is 0 Å². The molecule has 0 saturated heterocycles. The molecule has 1 aromatic heterocycles. The van der Waals surface area contributed by atoms with Gasteiger partial charge >= 0.3 is 5.97 Å². The van der Waals surface area contributed by atoms with Gasteiger partial charge in [-0.05, 0) is 18.2 Å². The van der Waals surface area contributed by atoms with E-state index in [0.29, 0.717) is 0 Å². The van der Waals surface area contributed by atoms with Gasteiger partial charge in [-0.1, -0.05) is 0 Å². The van der Waals surface area contributed by atoms with Crippen molar-refractivity contribution >= 4 is 28.4 Å². The number of ether oxygens (including phenoxy) is 1. The van der Waals surface area contributed by atoms with E-state index >= 15 is 0 Å². The lowest BCUT2D eigenvalue weighted by atomic mass is 10.4. The Kier molecular flexibility index (Phi) is 2.88. The van der Waals surface area contributed by atoms with Crippen molar-refractivity contribution in [2.75, 3.05) is 12.8 Å². The summed E-state index contributed by atoms with van der Waals surface area (Å²) in [6.45, 7) is 0. The molecule has 3 nitrogen and oxygen atoms in total. The predicted molar refractivity (Wildman–Crippen MR) is 49.8 cm³/mol. The van der Waals surface area contributed by atoms with Crippen LogP contribution in [0.1, 0.15) is 4.88 Å². The Morgan fingerprint density at radius 3 is 2.92 bits per heavy atom. The molecule has 4 heteroatoms. The van der Waals surface area contributed by atoms with Crippen molar-refractivity contribution in [3.63, 3.8) is 0 Å². The summed E-state index contributed by atoms with van der Waals surface area (Å²) in [4.78, 5) is 11.6. The third-order valence-corrected chi connectivity index (χ3v) is 2.11. The molecular formula is C8H9NO2S. The lowest BCUT2D eigenvalue weighted by molar-refractivity contribution is -0.134. The van der Waals surface area contributed by atoms with Gasteiger partial charge in [0, 0.05) is 11.0 Å². The fourth-order valence-electron chi connectivity index (χ4n) is 0.676. The van der Waals surface area contributed by atoms with E-state index in [2.05, 4.69) is 4.74 Å². The summed E-state index contributed by atoms with van der Waals surface area (Å²) in [5.41, 5.74) is 5.49. The zero-order chi connectivity index (χ0) is 8.97. The summed E-state index contributed by atoms with van der Waals surface area (Å²) >= 11 is 1.42. The highest BCUT2D eigenvalue weighted by Gasteiger charge is 1.94. The van der Waals surface area contributed by atoms with Gasteiger partial charge in [0.15, 0.2) is 0 Å². The molecule has 0 unspecified atom stereocenters. The SMILES string of the molecule is COC(=O)/C=C/c1ccc(N)s1. The number of carbonyl (C=O) groups excluding carboxylic acids is 1. The van der Waals surface area contributed by atoms with Crippen molar-refractivity contribution < 1.29 is 9.53 Å². The molecule has 1 rings (SSSR count). The normalized spacial score (nSPS) is 10.4. The first-order chi connectivity index (χ1) is 5.72. The smallest absolute Gasteiger partial charge is 0.330 e. The van der Waals surface area contributed by atoms with E-state index in [1.165, 1.54) is 24.5 Å². The first kappa shape index (κ1) is 8.80. The molecule has 0 saturated carbocycles. The molecule has 0 aliphatic rings. The van der Waals surface area contributed by atoms with Crippen LogP contribution in [0.25, 0.3) is 6.08 Å². The van der Waals surface area contributed by atoms with Crippen molar-refractivity contribution in [1.82, 2.24) is 0 Å². The largest absolute Gasteiger partial charge is 0.466 e. The molecule has 0 amide bonds. The minimum atomic E-state index is -0.359. The van der Waals surface area contributed by atoms with Gasteiger partial charge in [0.1, 0.15) is 0 Å². The Morgan fingerprint density at radius 1 is 1.67 bits per heavy atom. The lowest BCUT2D eigenvalue weighted by Gasteiger charge is -1.87. The zero-order valence-corrected chi connectivity index (χ0v) is 7.43. The Balaban J connectivity index is 2.63. The van der Waals surface area contributed by atoms with E-state index in [1.54, 1.807) is 12.1 Å². The topological polar surface area (TPSA) is 52.3 Å². The summed E-state index contributed by atoms with van der Waals surface area (Å²) in [7, 11) is 1.34. The molecule has 0 atom stereocenters. The number of esters is 1. The summed E-state index contributed by atoms with van der Waals surface area (Å²) in [5.74, 6) is -0.359. The van der Waals surface area contributed by atoms with Crippen LogP contribution in [-0.4, -0.2) is 13.1 Å². The fourth-order valence-corrected chi connectivity index (χ4v) is 1.36. The van der Waals surface area contributed by atoms with Gasteiger partial charge in [0.25, 0.3) is 0 Å². The third-order valence-electron chi connectivity index (χ3n) is 1.23. The Bertz CT molecular complexity index is 304. The van der Waals surface area contributed by atoms with Crippen molar-refractivity contribution in [2.45, 2.75) is 0 Å². The number of carbonyl (C=O) groups is 1. The Labute approximate surface area is 74.5 Å². The van der Waals surface area contributed by atoms with Crippen LogP contribution in [0.3, 0.4) is 0 Å². The molecule has 0 bridgehead atoms. The predicted octanol–water partition coefficient (Wildman–Crippen LogP) is 1.52. The summed E-state index contributed by atoms with van der Waals surface area (Å²) < 4.78 is 4.43. The van der Waals surface area contributed by atoms with Crippen LogP contribution in [0.2, 0.25) is 0 Å². The molecule has 2 N–H and O–H groups in total. The second-order valence-electron chi connectivity index (χ2n) is 2.10. The van der Waals surface area contributed by atoms with E-state index in [0.717, 1.165) is 9.88 Å². The maximum absolute atomic E-state index is 10.7. The van der Waals surface area contributed by atoms with Gasteiger partial charge in [0.05, 0.1) is 12.1 Å². The van der Waals surface area contributed by atoms with Gasteiger partial charge in [0.2, 0.25) is 0 Å². The summed E-state index contributed by atoms with van der Waals surface area (Å²) in [6.07, 6.45) is 3.04.